The van der Waals surface area contributed by atoms with Crippen LogP contribution < -0.4 is 0 Å². The molecule has 6 aliphatic rings. The van der Waals surface area contributed by atoms with E-state index in [1.165, 1.54) is 0 Å². The molecule has 0 amide bonds. The van der Waals surface area contributed by atoms with Crippen molar-refractivity contribution in [3.8, 4) is 0 Å². The Balaban J connectivity index is 1.35. The molecule has 0 unspecified atom stereocenters. The van der Waals surface area contributed by atoms with Crippen molar-refractivity contribution in [1.82, 2.24) is 0 Å². The number of ether oxygens (including phenoxy) is 2. The van der Waals surface area contributed by atoms with Gasteiger partial charge in [0.2, 0.25) is 0 Å². The Morgan fingerprint density at radius 1 is 1.03 bits per heavy atom. The second kappa shape index (κ2) is 6.50. The number of hydrogen-bond acceptors (Lipinski definition) is 5. The predicted molar refractivity (Wildman–Crippen MR) is 123 cm³/mol. The minimum Gasteiger partial charge on any atom is -0.384 e. The summed E-state index contributed by atoms with van der Waals surface area (Å²) >= 11 is 0. The molecule has 184 valence electrons. The van der Waals surface area contributed by atoms with Crippen molar-refractivity contribution < 1.29 is 24.2 Å². The van der Waals surface area contributed by atoms with E-state index in [1.807, 2.05) is 6.92 Å². The first kappa shape index (κ1) is 22.7. The molecule has 33 heavy (non-hydrogen) atoms. The summed E-state index contributed by atoms with van der Waals surface area (Å²) in [5.41, 5.74) is -1.80. The molecule has 1 N–H and O–H groups in total. The highest BCUT2D eigenvalue weighted by atomic mass is 16.7. The normalized spacial score (nSPS) is 59.3. The van der Waals surface area contributed by atoms with Gasteiger partial charge in [-0.25, -0.2) is 0 Å². The van der Waals surface area contributed by atoms with Crippen LogP contribution in [0.4, 0.5) is 0 Å². The highest BCUT2D eigenvalue weighted by Crippen LogP contribution is 2.72. The summed E-state index contributed by atoms with van der Waals surface area (Å²) in [5.74, 6) is 1.09. The molecule has 0 aromatic carbocycles. The fourth-order valence-corrected chi connectivity index (χ4v) is 10.2. The molecule has 0 bridgehead atoms. The summed E-state index contributed by atoms with van der Waals surface area (Å²) < 4.78 is 13.3. The molecule has 1 spiro atoms. The molecule has 11 atom stereocenters. The van der Waals surface area contributed by atoms with Gasteiger partial charge in [-0.1, -0.05) is 20.8 Å². The molecule has 2 heterocycles. The van der Waals surface area contributed by atoms with E-state index in [9.17, 15) is 14.7 Å². The third kappa shape index (κ3) is 2.65. The average molecular weight is 459 g/mol. The lowest BCUT2D eigenvalue weighted by molar-refractivity contribution is -0.298. The summed E-state index contributed by atoms with van der Waals surface area (Å²) in [6.45, 7) is 12.8. The zero-order valence-electron chi connectivity index (χ0n) is 21.3. The highest BCUT2D eigenvalue weighted by Gasteiger charge is 2.77. The second-order valence-electron chi connectivity index (χ2n) is 14.0. The van der Waals surface area contributed by atoms with Crippen molar-refractivity contribution in [2.75, 3.05) is 0 Å². The molecule has 2 saturated heterocycles. The van der Waals surface area contributed by atoms with Crippen molar-refractivity contribution in [3.63, 3.8) is 0 Å². The van der Waals surface area contributed by atoms with Gasteiger partial charge in [-0.3, -0.25) is 9.59 Å². The van der Waals surface area contributed by atoms with E-state index in [-0.39, 0.29) is 40.3 Å². The maximum absolute atomic E-state index is 13.9. The van der Waals surface area contributed by atoms with Gasteiger partial charge in [-0.15, -0.1) is 0 Å². The van der Waals surface area contributed by atoms with E-state index >= 15 is 0 Å². The van der Waals surface area contributed by atoms with Crippen molar-refractivity contribution in [2.24, 2.45) is 46.3 Å². The van der Waals surface area contributed by atoms with Gasteiger partial charge in [-0.2, -0.15) is 0 Å². The molecule has 5 nitrogen and oxygen atoms in total. The summed E-state index contributed by atoms with van der Waals surface area (Å²) in [6, 6.07) is 0. The van der Waals surface area contributed by atoms with Crippen LogP contribution in [-0.4, -0.2) is 39.8 Å². The van der Waals surface area contributed by atoms with E-state index in [0.717, 1.165) is 25.7 Å². The lowest BCUT2D eigenvalue weighted by Crippen LogP contribution is -2.61. The third-order valence-corrected chi connectivity index (χ3v) is 12.1. The number of ketones is 2. The molecular formula is C28H42O5. The van der Waals surface area contributed by atoms with Crippen molar-refractivity contribution in [2.45, 2.75) is 116 Å². The SMILES string of the molecule is C[C@H]1C[C@@]2(O[C@H]3C[C@H]4[C@@H]5CC[C@H]6CC(=O)CC[C@]6(C)[C@H]5C(=O)C[C@]4(C)[C@H]3[C@@]2(C)O)OC1(C)C. The lowest BCUT2D eigenvalue weighted by Gasteiger charge is -2.59. The Morgan fingerprint density at radius 2 is 1.76 bits per heavy atom. The second-order valence-corrected chi connectivity index (χ2v) is 14.0. The van der Waals surface area contributed by atoms with Crippen LogP contribution in [0.2, 0.25) is 0 Å². The zero-order chi connectivity index (χ0) is 23.8. The first-order valence-corrected chi connectivity index (χ1v) is 13.4. The maximum Gasteiger partial charge on any atom is 0.198 e. The molecule has 6 rings (SSSR count). The van der Waals surface area contributed by atoms with Gasteiger partial charge in [-0.05, 0) is 81.0 Å². The van der Waals surface area contributed by atoms with Crippen LogP contribution >= 0.6 is 0 Å². The number of fused-ring (bicyclic) bond motifs is 7. The number of carbonyl (C=O) groups excluding carboxylic acids is 2. The van der Waals surface area contributed by atoms with Gasteiger partial charge in [0.05, 0.1) is 11.7 Å². The largest absolute Gasteiger partial charge is 0.384 e. The van der Waals surface area contributed by atoms with Crippen LogP contribution in [0.1, 0.15) is 92.9 Å². The van der Waals surface area contributed by atoms with Crippen LogP contribution in [0.5, 0.6) is 0 Å². The molecule has 5 heteroatoms. The smallest absolute Gasteiger partial charge is 0.198 e. The van der Waals surface area contributed by atoms with Crippen LogP contribution in [0, 0.1) is 46.3 Å². The Bertz CT molecular complexity index is 908. The Kier molecular flexibility index (Phi) is 4.47. The Morgan fingerprint density at radius 3 is 2.42 bits per heavy atom. The van der Waals surface area contributed by atoms with Crippen LogP contribution in [0.15, 0.2) is 0 Å². The molecule has 6 fully saturated rings. The van der Waals surface area contributed by atoms with E-state index in [1.54, 1.807) is 0 Å². The van der Waals surface area contributed by atoms with Crippen LogP contribution in [0.25, 0.3) is 0 Å². The molecule has 0 aromatic rings. The summed E-state index contributed by atoms with van der Waals surface area (Å²) in [6.07, 6.45) is 6.27. The minimum absolute atomic E-state index is 0.0500. The van der Waals surface area contributed by atoms with Gasteiger partial charge in [0, 0.05) is 37.5 Å². The number of rotatable bonds is 0. The Hall–Kier alpha value is -0.780. The monoisotopic (exact) mass is 458 g/mol. The number of Topliss-reactive ketones (excluding diaryl/α,β-unsaturated/α-hetero) is 2. The highest BCUT2D eigenvalue weighted by molar-refractivity contribution is 5.86. The molecule has 0 aromatic heterocycles. The van der Waals surface area contributed by atoms with E-state index in [4.69, 9.17) is 9.47 Å². The molecule has 4 aliphatic carbocycles. The standard InChI is InChI=1S/C28H42O5/c1-15-13-28(33-24(15,2)3)27(6,31)23-21(32-28)12-19-18-8-7-16-11-17(29)9-10-25(16,4)22(18)20(30)14-26(19,23)5/h15-16,18-19,21-23,31H,7-14H2,1-6H3/t15-,16-,18-,19-,21-,22+,23-,25-,26-,27+,28+/m0/s1. The first-order valence-electron chi connectivity index (χ1n) is 13.4. The first-order chi connectivity index (χ1) is 15.3. The zero-order valence-corrected chi connectivity index (χ0v) is 21.3. The molecule has 0 radical (unpaired) electrons. The summed E-state index contributed by atoms with van der Waals surface area (Å²) in [5, 5.41) is 12.1. The van der Waals surface area contributed by atoms with E-state index < -0.39 is 11.4 Å². The fraction of sp³-hybridized carbons (Fsp3) is 0.929. The quantitative estimate of drug-likeness (QED) is 0.570. The number of aliphatic hydroxyl groups is 1. The van der Waals surface area contributed by atoms with Crippen LogP contribution in [-0.2, 0) is 19.1 Å². The maximum atomic E-state index is 13.9. The number of carbonyl (C=O) groups is 2. The van der Waals surface area contributed by atoms with E-state index in [0.29, 0.717) is 55.0 Å². The average Bonchev–Trinajstić information content (AvgIpc) is 3.20. The molecular weight excluding hydrogens is 416 g/mol. The number of hydrogen-bond donors (Lipinski definition) is 1. The van der Waals surface area contributed by atoms with Gasteiger partial charge in [0.15, 0.2) is 5.79 Å². The lowest BCUT2D eigenvalue weighted by atomic mass is 9.44. The molecule has 4 saturated carbocycles. The van der Waals surface area contributed by atoms with Gasteiger partial charge in [0.1, 0.15) is 17.2 Å². The predicted octanol–water partition coefficient (Wildman–Crippen LogP) is 4.68. The Labute approximate surface area is 198 Å². The van der Waals surface area contributed by atoms with Crippen molar-refractivity contribution in [3.05, 3.63) is 0 Å². The van der Waals surface area contributed by atoms with Gasteiger partial charge in [0.25, 0.3) is 0 Å². The van der Waals surface area contributed by atoms with E-state index in [2.05, 4.69) is 34.6 Å². The minimum atomic E-state index is -1.13. The van der Waals surface area contributed by atoms with Gasteiger partial charge >= 0.3 is 0 Å². The summed E-state index contributed by atoms with van der Waals surface area (Å²) in [4.78, 5) is 26.1. The topological polar surface area (TPSA) is 72.8 Å². The molecule has 2 aliphatic heterocycles. The third-order valence-electron chi connectivity index (χ3n) is 12.1. The van der Waals surface area contributed by atoms with Crippen molar-refractivity contribution >= 4 is 11.6 Å². The fourth-order valence-electron chi connectivity index (χ4n) is 10.2. The summed E-state index contributed by atoms with van der Waals surface area (Å²) in [7, 11) is 0. The van der Waals surface area contributed by atoms with Crippen molar-refractivity contribution in [1.29, 1.82) is 0 Å². The van der Waals surface area contributed by atoms with Gasteiger partial charge < -0.3 is 14.6 Å². The van der Waals surface area contributed by atoms with Crippen LogP contribution in [0.3, 0.4) is 0 Å².